The third-order valence-electron chi connectivity index (χ3n) is 3.20. The first-order valence-electron chi connectivity index (χ1n) is 6.96. The number of allylic oxidation sites excluding steroid dienone is 1. The summed E-state index contributed by atoms with van der Waals surface area (Å²) in [4.78, 5) is 8.67. The number of nitrogens with zero attached hydrogens (tertiary/aromatic N) is 3. The van der Waals surface area contributed by atoms with E-state index >= 15 is 0 Å². The van der Waals surface area contributed by atoms with Crippen molar-refractivity contribution in [1.82, 2.24) is 9.97 Å². The number of aliphatic hydroxyl groups is 1. The summed E-state index contributed by atoms with van der Waals surface area (Å²) in [6, 6.07) is 15.4. The predicted octanol–water partition coefficient (Wildman–Crippen LogP) is 4.66. The highest BCUT2D eigenvalue weighted by Crippen LogP contribution is 2.32. The molecular weight excluding hydrogens is 326 g/mol. The second kappa shape index (κ2) is 6.82. The third kappa shape index (κ3) is 3.36. The smallest absolute Gasteiger partial charge is 0.138 e. The number of thioether (sulfide) groups is 1. The molecule has 1 N–H and O–H groups in total. The van der Waals surface area contributed by atoms with Gasteiger partial charge in [-0.05, 0) is 31.2 Å². The van der Waals surface area contributed by atoms with E-state index in [1.54, 1.807) is 6.20 Å². The third-order valence-corrected chi connectivity index (χ3v) is 5.31. The molecule has 0 spiro atoms. The molecule has 0 radical (unpaired) electrons. The fraction of sp³-hybridized carbons (Fsp3) is 0.118. The number of benzene rings is 1. The number of thiazole rings is 1. The van der Waals surface area contributed by atoms with Gasteiger partial charge >= 0.3 is 0 Å². The molecule has 0 aliphatic heterocycles. The van der Waals surface area contributed by atoms with Crippen LogP contribution in [-0.4, -0.2) is 20.3 Å². The van der Waals surface area contributed by atoms with Crippen LogP contribution in [0.15, 0.2) is 59.4 Å². The molecule has 3 rings (SSSR count). The van der Waals surface area contributed by atoms with Crippen molar-refractivity contribution >= 4 is 38.9 Å². The van der Waals surface area contributed by atoms with Crippen LogP contribution in [0.25, 0.3) is 15.8 Å². The van der Waals surface area contributed by atoms with E-state index in [0.717, 1.165) is 15.2 Å². The van der Waals surface area contributed by atoms with Crippen LogP contribution in [0.1, 0.15) is 11.9 Å². The second-order valence-corrected chi connectivity index (χ2v) is 7.18. The Bertz CT molecular complexity index is 864. The Balaban J connectivity index is 1.94. The summed E-state index contributed by atoms with van der Waals surface area (Å²) in [5.41, 5.74) is 1.06. The number of pyridine rings is 1. The van der Waals surface area contributed by atoms with Crippen LogP contribution in [0.5, 0.6) is 0 Å². The number of rotatable bonds is 4. The van der Waals surface area contributed by atoms with E-state index in [4.69, 9.17) is 0 Å². The predicted molar refractivity (Wildman–Crippen MR) is 94.3 cm³/mol. The summed E-state index contributed by atoms with van der Waals surface area (Å²) in [5, 5.41) is 21.0. The standard InChI is InChI=1S/C17H13N3OS2/c1-11(22-15-8-4-5-9-19-15)16(21)12(10-18)17-20-13-6-2-3-7-14(13)23-17/h2-9,11,21H,1H3/b16-12-. The van der Waals surface area contributed by atoms with Crippen molar-refractivity contribution in [3.05, 3.63) is 59.4 Å². The van der Waals surface area contributed by atoms with Crippen molar-refractivity contribution in [1.29, 1.82) is 5.26 Å². The van der Waals surface area contributed by atoms with Gasteiger partial charge in [-0.3, -0.25) is 0 Å². The first-order chi connectivity index (χ1) is 11.2. The zero-order chi connectivity index (χ0) is 16.2. The van der Waals surface area contributed by atoms with E-state index in [1.165, 1.54) is 23.1 Å². The Morgan fingerprint density at radius 2 is 2.04 bits per heavy atom. The summed E-state index contributed by atoms with van der Waals surface area (Å²) < 4.78 is 0.994. The highest BCUT2D eigenvalue weighted by atomic mass is 32.2. The van der Waals surface area contributed by atoms with Crippen molar-refractivity contribution in [2.75, 3.05) is 0 Å². The summed E-state index contributed by atoms with van der Waals surface area (Å²) >= 11 is 2.81. The number of aliphatic hydroxyl groups excluding tert-OH is 1. The molecule has 0 saturated heterocycles. The minimum atomic E-state index is -0.286. The molecule has 23 heavy (non-hydrogen) atoms. The topological polar surface area (TPSA) is 69.8 Å². The van der Waals surface area contributed by atoms with Crippen LogP contribution in [-0.2, 0) is 0 Å². The van der Waals surface area contributed by atoms with E-state index in [0.29, 0.717) is 5.01 Å². The number of hydrogen-bond donors (Lipinski definition) is 1. The average molecular weight is 339 g/mol. The van der Waals surface area contributed by atoms with Gasteiger partial charge in [0.05, 0.1) is 20.5 Å². The summed E-state index contributed by atoms with van der Waals surface area (Å²) in [5.74, 6) is 0.0298. The van der Waals surface area contributed by atoms with Crippen LogP contribution >= 0.6 is 23.1 Å². The number of aromatic nitrogens is 2. The van der Waals surface area contributed by atoms with Crippen molar-refractivity contribution in [2.45, 2.75) is 17.2 Å². The first-order valence-corrected chi connectivity index (χ1v) is 8.65. The van der Waals surface area contributed by atoms with Gasteiger partial charge in [0.2, 0.25) is 0 Å². The molecule has 0 saturated carbocycles. The number of fused-ring (bicyclic) bond motifs is 1. The minimum Gasteiger partial charge on any atom is -0.510 e. The van der Waals surface area contributed by atoms with Crippen LogP contribution in [0.3, 0.4) is 0 Å². The molecule has 1 unspecified atom stereocenters. The van der Waals surface area contributed by atoms with E-state index in [1.807, 2.05) is 49.4 Å². The van der Waals surface area contributed by atoms with Gasteiger partial charge in [-0.2, -0.15) is 5.26 Å². The van der Waals surface area contributed by atoms with Crippen LogP contribution in [0.2, 0.25) is 0 Å². The Morgan fingerprint density at radius 3 is 2.74 bits per heavy atom. The zero-order valence-corrected chi connectivity index (χ0v) is 13.9. The molecule has 3 aromatic rings. The lowest BCUT2D eigenvalue weighted by Crippen LogP contribution is -2.04. The molecule has 0 bridgehead atoms. The molecule has 0 aliphatic rings. The summed E-state index contributed by atoms with van der Waals surface area (Å²) in [6.07, 6.45) is 1.70. The molecule has 0 fully saturated rings. The Morgan fingerprint density at radius 1 is 1.26 bits per heavy atom. The lowest BCUT2D eigenvalue weighted by molar-refractivity contribution is 0.402. The van der Waals surface area contributed by atoms with Crippen molar-refractivity contribution < 1.29 is 5.11 Å². The van der Waals surface area contributed by atoms with Crippen molar-refractivity contribution in [3.63, 3.8) is 0 Å². The van der Waals surface area contributed by atoms with Gasteiger partial charge in [-0.25, -0.2) is 9.97 Å². The van der Waals surface area contributed by atoms with Gasteiger partial charge in [-0.15, -0.1) is 11.3 Å². The van der Waals surface area contributed by atoms with Gasteiger partial charge in [0, 0.05) is 6.20 Å². The maximum absolute atomic E-state index is 10.5. The monoisotopic (exact) mass is 339 g/mol. The van der Waals surface area contributed by atoms with Gasteiger partial charge < -0.3 is 5.11 Å². The minimum absolute atomic E-state index is 0.0298. The molecule has 0 amide bonds. The maximum atomic E-state index is 10.5. The van der Waals surface area contributed by atoms with Crippen molar-refractivity contribution in [2.24, 2.45) is 0 Å². The first kappa shape index (κ1) is 15.5. The lowest BCUT2D eigenvalue weighted by atomic mass is 10.2. The maximum Gasteiger partial charge on any atom is 0.138 e. The number of para-hydroxylation sites is 1. The van der Waals surface area contributed by atoms with Gasteiger partial charge in [0.15, 0.2) is 0 Å². The normalized spacial score (nSPS) is 13.4. The van der Waals surface area contributed by atoms with Crippen LogP contribution in [0, 0.1) is 11.3 Å². The molecule has 1 aromatic carbocycles. The number of nitriles is 1. The van der Waals surface area contributed by atoms with E-state index in [9.17, 15) is 10.4 Å². The molecule has 1 atom stereocenters. The Kier molecular flexibility index (Phi) is 4.60. The number of hydrogen-bond acceptors (Lipinski definition) is 6. The van der Waals surface area contributed by atoms with Crippen LogP contribution < -0.4 is 0 Å². The largest absolute Gasteiger partial charge is 0.510 e. The van der Waals surface area contributed by atoms with Crippen LogP contribution in [0.4, 0.5) is 0 Å². The van der Waals surface area contributed by atoms with E-state index in [-0.39, 0.29) is 16.6 Å². The zero-order valence-electron chi connectivity index (χ0n) is 12.3. The van der Waals surface area contributed by atoms with Crippen molar-refractivity contribution in [3.8, 4) is 6.07 Å². The molecule has 2 heterocycles. The highest BCUT2D eigenvalue weighted by Gasteiger charge is 2.19. The van der Waals surface area contributed by atoms with E-state index < -0.39 is 0 Å². The van der Waals surface area contributed by atoms with Gasteiger partial charge in [-0.1, -0.05) is 30.0 Å². The van der Waals surface area contributed by atoms with Gasteiger partial charge in [0.1, 0.15) is 22.4 Å². The fourth-order valence-electron chi connectivity index (χ4n) is 2.05. The SMILES string of the molecule is CC(Sc1ccccn1)/C(O)=C(\C#N)c1nc2ccccc2s1. The molecule has 0 aliphatic carbocycles. The van der Waals surface area contributed by atoms with E-state index in [2.05, 4.69) is 16.0 Å². The highest BCUT2D eigenvalue weighted by molar-refractivity contribution is 8.00. The molecule has 2 aromatic heterocycles. The molecule has 4 nitrogen and oxygen atoms in total. The summed E-state index contributed by atoms with van der Waals surface area (Å²) in [7, 11) is 0. The quantitative estimate of drug-likeness (QED) is 0.425. The second-order valence-electron chi connectivity index (χ2n) is 4.79. The van der Waals surface area contributed by atoms with Gasteiger partial charge in [0.25, 0.3) is 0 Å². The lowest BCUT2D eigenvalue weighted by Gasteiger charge is -2.10. The summed E-state index contributed by atoms with van der Waals surface area (Å²) in [6.45, 7) is 1.85. The average Bonchev–Trinajstić information content (AvgIpc) is 3.00. The molecule has 114 valence electrons. The fourth-order valence-corrected chi connectivity index (χ4v) is 3.89. The Hall–Kier alpha value is -2.36. The Labute approximate surface area is 142 Å². The molecular formula is C17H13N3OS2. The molecule has 6 heteroatoms.